The van der Waals surface area contributed by atoms with Crippen molar-refractivity contribution in [2.45, 2.75) is 38.1 Å². The molecule has 6 nitrogen and oxygen atoms in total. The van der Waals surface area contributed by atoms with Crippen molar-refractivity contribution in [2.75, 3.05) is 0 Å². The maximum absolute atomic E-state index is 13.9. The zero-order chi connectivity index (χ0) is 13.6. The molecule has 1 saturated carbocycles. The van der Waals surface area contributed by atoms with E-state index in [1.807, 2.05) is 6.92 Å². The molecule has 2 aromatic rings. The molecule has 19 heavy (non-hydrogen) atoms. The largest absolute Gasteiger partial charge is 0.388 e. The summed E-state index contributed by atoms with van der Waals surface area (Å²) in [5, 5.41) is 10.0. The van der Waals surface area contributed by atoms with E-state index >= 15 is 0 Å². The molecule has 0 spiro atoms. The number of nitrogens with one attached hydrogen (secondary N) is 1. The van der Waals surface area contributed by atoms with Crippen LogP contribution in [0.3, 0.4) is 0 Å². The molecule has 0 bridgehead atoms. The van der Waals surface area contributed by atoms with Crippen LogP contribution in [0.5, 0.6) is 0 Å². The minimum Gasteiger partial charge on any atom is -0.388 e. The Kier molecular flexibility index (Phi) is 2.85. The predicted octanol–water partition coefficient (Wildman–Crippen LogP) is 0.790. The van der Waals surface area contributed by atoms with Gasteiger partial charge in [0, 0.05) is 0 Å². The van der Waals surface area contributed by atoms with Gasteiger partial charge in [-0.15, -0.1) is 0 Å². The third-order valence-corrected chi connectivity index (χ3v) is 3.96. The molecular weight excluding hydrogens is 251 g/mol. The number of halogens is 1. The van der Waals surface area contributed by atoms with E-state index in [1.54, 1.807) is 4.57 Å². The molecule has 3 rings (SSSR count). The Labute approximate surface area is 108 Å². The molecule has 0 unspecified atom stereocenters. The Hall–Kier alpha value is -1.76. The predicted molar refractivity (Wildman–Crippen MR) is 66.5 cm³/mol. The fourth-order valence-electron chi connectivity index (χ4n) is 2.85. The lowest BCUT2D eigenvalue weighted by atomic mass is 10.0. The first kappa shape index (κ1) is 12.3. The van der Waals surface area contributed by atoms with Crippen molar-refractivity contribution in [1.82, 2.24) is 19.5 Å². The lowest BCUT2D eigenvalue weighted by molar-refractivity contribution is 0.0611. The van der Waals surface area contributed by atoms with Gasteiger partial charge >= 0.3 is 0 Å². The molecule has 4 atom stereocenters. The lowest BCUT2D eigenvalue weighted by Gasteiger charge is -2.17. The number of hydrogen-bond acceptors (Lipinski definition) is 4. The van der Waals surface area contributed by atoms with Crippen molar-refractivity contribution in [3.05, 3.63) is 23.0 Å². The third kappa shape index (κ3) is 1.76. The second kappa shape index (κ2) is 4.41. The molecule has 7 heteroatoms. The van der Waals surface area contributed by atoms with Crippen molar-refractivity contribution in [1.29, 1.82) is 0 Å². The smallest absolute Gasteiger partial charge is 0.278 e. The molecule has 0 aromatic carbocycles. The molecule has 2 N–H and O–H groups in total. The van der Waals surface area contributed by atoms with E-state index < -0.39 is 18.3 Å². The van der Waals surface area contributed by atoms with Gasteiger partial charge in [-0.2, -0.15) is 0 Å². The van der Waals surface area contributed by atoms with Crippen molar-refractivity contribution in [3.63, 3.8) is 0 Å². The van der Waals surface area contributed by atoms with Gasteiger partial charge in [-0.1, -0.05) is 13.3 Å². The van der Waals surface area contributed by atoms with Crippen LogP contribution in [0.15, 0.2) is 17.4 Å². The monoisotopic (exact) mass is 266 g/mol. The van der Waals surface area contributed by atoms with Crippen molar-refractivity contribution in [3.8, 4) is 0 Å². The first-order chi connectivity index (χ1) is 9.13. The van der Waals surface area contributed by atoms with Crippen LogP contribution in [0.4, 0.5) is 4.39 Å². The summed E-state index contributed by atoms with van der Waals surface area (Å²) in [4.78, 5) is 22.1. The minimum absolute atomic E-state index is 0.167. The standard InChI is InChI=1S/C12H15FN4O2/c1-2-6-3-7(10(18)8(6)13)17-5-16-9-11(17)14-4-15-12(9)19/h4-8,10,18H,2-3H2,1H3,(H,14,15,19)/t6-,7+,8+,10-/m0/s1. The van der Waals surface area contributed by atoms with Crippen molar-refractivity contribution < 1.29 is 9.50 Å². The summed E-state index contributed by atoms with van der Waals surface area (Å²) in [6.45, 7) is 1.90. The molecule has 102 valence electrons. The van der Waals surface area contributed by atoms with Gasteiger partial charge in [0.25, 0.3) is 5.56 Å². The van der Waals surface area contributed by atoms with E-state index in [4.69, 9.17) is 0 Å². The second-order valence-electron chi connectivity index (χ2n) is 4.96. The lowest BCUT2D eigenvalue weighted by Crippen LogP contribution is -2.26. The number of hydrogen-bond donors (Lipinski definition) is 2. The topological polar surface area (TPSA) is 83.8 Å². The van der Waals surface area contributed by atoms with Gasteiger partial charge < -0.3 is 14.7 Å². The summed E-state index contributed by atoms with van der Waals surface area (Å²) >= 11 is 0. The van der Waals surface area contributed by atoms with Gasteiger partial charge in [0.2, 0.25) is 0 Å². The molecule has 0 aliphatic heterocycles. The van der Waals surface area contributed by atoms with E-state index in [2.05, 4.69) is 15.0 Å². The number of imidazole rings is 1. The quantitative estimate of drug-likeness (QED) is 0.841. The Morgan fingerprint density at radius 1 is 1.58 bits per heavy atom. The van der Waals surface area contributed by atoms with E-state index in [0.29, 0.717) is 18.5 Å². The molecule has 0 saturated heterocycles. The van der Waals surface area contributed by atoms with E-state index in [9.17, 15) is 14.3 Å². The molecule has 0 amide bonds. The average Bonchev–Trinajstić information content (AvgIpc) is 2.94. The number of rotatable bonds is 2. The minimum atomic E-state index is -1.24. The zero-order valence-electron chi connectivity index (χ0n) is 10.5. The van der Waals surface area contributed by atoms with Gasteiger partial charge in [0.15, 0.2) is 11.2 Å². The summed E-state index contributed by atoms with van der Waals surface area (Å²) in [6, 6.07) is -0.417. The van der Waals surface area contributed by atoms with E-state index in [0.717, 1.165) is 0 Å². The zero-order valence-corrected chi connectivity index (χ0v) is 10.5. The van der Waals surface area contributed by atoms with Crippen LogP contribution in [0.1, 0.15) is 25.8 Å². The number of aliphatic hydroxyl groups excluding tert-OH is 1. The third-order valence-electron chi connectivity index (χ3n) is 3.96. The molecule has 2 aromatic heterocycles. The Bertz CT molecular complexity index is 652. The van der Waals surface area contributed by atoms with Crippen LogP contribution in [-0.2, 0) is 0 Å². The van der Waals surface area contributed by atoms with Crippen LogP contribution < -0.4 is 5.56 Å². The summed E-state index contributed by atoms with van der Waals surface area (Å²) < 4.78 is 15.5. The molecular formula is C12H15FN4O2. The summed E-state index contributed by atoms with van der Waals surface area (Å²) in [6.07, 6.45) is 1.62. The molecule has 2 heterocycles. The number of aromatic amines is 1. The first-order valence-electron chi connectivity index (χ1n) is 6.35. The highest BCUT2D eigenvalue weighted by molar-refractivity contribution is 5.69. The van der Waals surface area contributed by atoms with Gasteiger partial charge in [0.1, 0.15) is 12.3 Å². The Morgan fingerprint density at radius 3 is 3.05 bits per heavy atom. The number of fused-ring (bicyclic) bond motifs is 1. The molecule has 0 radical (unpaired) electrons. The SMILES string of the molecule is CC[C@H]1C[C@@H](n2cnc3c(=O)[nH]cnc32)[C@H](O)[C@@H]1F. The Morgan fingerprint density at radius 2 is 2.37 bits per heavy atom. The molecule has 1 aliphatic carbocycles. The fraction of sp³-hybridized carbons (Fsp3) is 0.583. The number of aliphatic hydroxyl groups is 1. The van der Waals surface area contributed by atoms with Crippen molar-refractivity contribution in [2.24, 2.45) is 5.92 Å². The van der Waals surface area contributed by atoms with Gasteiger partial charge in [-0.05, 0) is 12.3 Å². The second-order valence-corrected chi connectivity index (χ2v) is 4.96. The number of alkyl halides is 1. The normalized spacial score (nSPS) is 31.1. The van der Waals surface area contributed by atoms with Crippen LogP contribution >= 0.6 is 0 Å². The highest BCUT2D eigenvalue weighted by Gasteiger charge is 2.43. The average molecular weight is 266 g/mol. The molecule has 1 fully saturated rings. The highest BCUT2D eigenvalue weighted by atomic mass is 19.1. The maximum Gasteiger partial charge on any atom is 0.278 e. The highest BCUT2D eigenvalue weighted by Crippen LogP contribution is 2.39. The van der Waals surface area contributed by atoms with Crippen LogP contribution in [0, 0.1) is 5.92 Å². The first-order valence-corrected chi connectivity index (χ1v) is 6.35. The van der Waals surface area contributed by atoms with Crippen LogP contribution in [0.2, 0.25) is 0 Å². The number of aromatic nitrogens is 4. The van der Waals surface area contributed by atoms with Gasteiger partial charge in [-0.3, -0.25) is 4.79 Å². The van der Waals surface area contributed by atoms with E-state index in [-0.39, 0.29) is 17.0 Å². The summed E-state index contributed by atoms with van der Waals surface area (Å²) in [5.41, 5.74) is 0.266. The maximum atomic E-state index is 13.9. The summed E-state index contributed by atoms with van der Waals surface area (Å²) in [7, 11) is 0. The van der Waals surface area contributed by atoms with Crippen LogP contribution in [-0.4, -0.2) is 36.9 Å². The fourth-order valence-corrected chi connectivity index (χ4v) is 2.85. The number of H-pyrrole nitrogens is 1. The van der Waals surface area contributed by atoms with E-state index in [1.165, 1.54) is 12.7 Å². The van der Waals surface area contributed by atoms with Gasteiger partial charge in [-0.25, -0.2) is 14.4 Å². The molecule has 1 aliphatic rings. The van der Waals surface area contributed by atoms with Crippen molar-refractivity contribution >= 4 is 11.2 Å². The summed E-state index contributed by atoms with van der Waals surface area (Å²) in [5.74, 6) is -0.167. The van der Waals surface area contributed by atoms with Crippen LogP contribution in [0.25, 0.3) is 11.2 Å². The Balaban J connectivity index is 2.06. The number of nitrogens with zero attached hydrogens (tertiary/aromatic N) is 3. The van der Waals surface area contributed by atoms with Gasteiger partial charge in [0.05, 0.1) is 18.7 Å².